The van der Waals surface area contributed by atoms with Gasteiger partial charge in [-0.3, -0.25) is 0 Å². The summed E-state index contributed by atoms with van der Waals surface area (Å²) in [6, 6.07) is 3.33. The van der Waals surface area contributed by atoms with Crippen LogP contribution in [0.5, 0.6) is 0 Å². The summed E-state index contributed by atoms with van der Waals surface area (Å²) in [5.41, 5.74) is -0.368. The van der Waals surface area contributed by atoms with Crippen molar-refractivity contribution in [2.45, 2.75) is 36.4 Å². The molecule has 1 aliphatic rings. The van der Waals surface area contributed by atoms with Gasteiger partial charge in [-0.05, 0) is 37.1 Å². The van der Waals surface area contributed by atoms with E-state index in [0.717, 1.165) is 12.1 Å². The number of benzene rings is 1. The average Bonchev–Trinajstić information content (AvgIpc) is 2.95. The SMILES string of the molecule is O=S(=O)(NC1CCCc2occc21)c1cc(C(F)(F)F)ccc1Cl. The number of fused-ring (bicyclic) bond motifs is 1. The van der Waals surface area contributed by atoms with Gasteiger partial charge in [-0.15, -0.1) is 0 Å². The molecular formula is C15H13ClF3NO3S. The second kappa shape index (κ2) is 6.09. The van der Waals surface area contributed by atoms with Gasteiger partial charge in [0.2, 0.25) is 10.0 Å². The Hall–Kier alpha value is -1.51. The highest BCUT2D eigenvalue weighted by Gasteiger charge is 2.34. The topological polar surface area (TPSA) is 59.3 Å². The van der Waals surface area contributed by atoms with Crippen molar-refractivity contribution in [3.05, 3.63) is 52.4 Å². The van der Waals surface area contributed by atoms with Gasteiger partial charge >= 0.3 is 6.18 Å². The van der Waals surface area contributed by atoms with Crippen molar-refractivity contribution >= 4 is 21.6 Å². The van der Waals surface area contributed by atoms with Crippen LogP contribution in [0.25, 0.3) is 0 Å². The first-order valence-corrected chi connectivity index (χ1v) is 9.00. The summed E-state index contributed by atoms with van der Waals surface area (Å²) in [4.78, 5) is -0.588. The van der Waals surface area contributed by atoms with Crippen LogP contribution in [-0.4, -0.2) is 8.42 Å². The van der Waals surface area contributed by atoms with E-state index in [-0.39, 0.29) is 5.02 Å². The van der Waals surface area contributed by atoms with E-state index in [2.05, 4.69) is 4.72 Å². The van der Waals surface area contributed by atoms with E-state index in [1.165, 1.54) is 6.26 Å². The lowest BCUT2D eigenvalue weighted by atomic mass is 9.94. The van der Waals surface area contributed by atoms with E-state index < -0.39 is 32.7 Å². The van der Waals surface area contributed by atoms with Crippen LogP contribution in [0.15, 0.2) is 39.8 Å². The molecule has 0 amide bonds. The number of furan rings is 1. The molecule has 0 aliphatic heterocycles. The minimum Gasteiger partial charge on any atom is -0.469 e. The summed E-state index contributed by atoms with van der Waals surface area (Å²) in [6.45, 7) is 0. The molecule has 1 N–H and O–H groups in total. The van der Waals surface area contributed by atoms with Crippen molar-refractivity contribution in [3.8, 4) is 0 Å². The van der Waals surface area contributed by atoms with Gasteiger partial charge in [0.05, 0.1) is 22.9 Å². The molecule has 3 rings (SSSR count). The summed E-state index contributed by atoms with van der Waals surface area (Å²) in [5, 5.41) is -0.265. The third-order valence-electron chi connectivity index (χ3n) is 3.90. The van der Waals surface area contributed by atoms with E-state index in [1.807, 2.05) is 0 Å². The number of halogens is 4. The Morgan fingerprint density at radius 1 is 1.25 bits per heavy atom. The van der Waals surface area contributed by atoms with Crippen LogP contribution < -0.4 is 4.72 Å². The molecule has 0 bridgehead atoms. The fraction of sp³-hybridized carbons (Fsp3) is 0.333. The van der Waals surface area contributed by atoms with Crippen LogP contribution in [0.3, 0.4) is 0 Å². The van der Waals surface area contributed by atoms with Crippen molar-refractivity contribution in [3.63, 3.8) is 0 Å². The Balaban J connectivity index is 1.95. The molecular weight excluding hydrogens is 367 g/mol. The predicted octanol–water partition coefficient (Wildman–Crippen LogP) is 4.31. The van der Waals surface area contributed by atoms with Crippen molar-refractivity contribution < 1.29 is 26.0 Å². The Bertz CT molecular complexity index is 861. The third-order valence-corrected chi connectivity index (χ3v) is 5.85. The van der Waals surface area contributed by atoms with E-state index in [0.29, 0.717) is 36.7 Å². The molecule has 1 aromatic carbocycles. The number of nitrogens with one attached hydrogen (secondary N) is 1. The van der Waals surface area contributed by atoms with Gasteiger partial charge < -0.3 is 4.42 Å². The van der Waals surface area contributed by atoms with Gasteiger partial charge in [-0.1, -0.05) is 11.6 Å². The Morgan fingerprint density at radius 3 is 2.71 bits per heavy atom. The molecule has 9 heteroatoms. The van der Waals surface area contributed by atoms with Crippen LogP contribution in [0.2, 0.25) is 5.02 Å². The van der Waals surface area contributed by atoms with Crippen molar-refractivity contribution in [2.24, 2.45) is 0 Å². The standard InChI is InChI=1S/C15H13ClF3NO3S/c16-11-5-4-9(15(17,18)19)8-14(11)24(21,22)20-12-2-1-3-13-10(12)6-7-23-13/h4-8,12,20H,1-3H2. The summed E-state index contributed by atoms with van der Waals surface area (Å²) >= 11 is 5.82. The number of rotatable bonds is 3. The summed E-state index contributed by atoms with van der Waals surface area (Å²) in [7, 11) is -4.22. The van der Waals surface area contributed by atoms with Crippen molar-refractivity contribution in [1.82, 2.24) is 4.72 Å². The molecule has 0 fully saturated rings. The Labute approximate surface area is 141 Å². The molecule has 0 radical (unpaired) electrons. The molecule has 0 saturated heterocycles. The van der Waals surface area contributed by atoms with Crippen molar-refractivity contribution in [1.29, 1.82) is 0 Å². The highest BCUT2D eigenvalue weighted by Crippen LogP contribution is 2.35. The number of aryl methyl sites for hydroxylation is 1. The molecule has 2 aromatic rings. The van der Waals surface area contributed by atoms with Gasteiger partial charge in [-0.2, -0.15) is 13.2 Å². The minimum atomic E-state index is -4.66. The quantitative estimate of drug-likeness (QED) is 0.864. The van der Waals surface area contributed by atoms with Gasteiger partial charge in [0.15, 0.2) is 0 Å². The molecule has 1 aromatic heterocycles. The van der Waals surface area contributed by atoms with E-state index >= 15 is 0 Å². The zero-order valence-corrected chi connectivity index (χ0v) is 13.8. The van der Waals surface area contributed by atoms with Gasteiger partial charge in [0, 0.05) is 12.0 Å². The second-order valence-corrected chi connectivity index (χ2v) is 7.60. The molecule has 0 saturated carbocycles. The molecule has 1 atom stereocenters. The number of alkyl halides is 3. The first-order chi connectivity index (χ1) is 11.2. The predicted molar refractivity (Wildman–Crippen MR) is 81.2 cm³/mol. The molecule has 1 heterocycles. The largest absolute Gasteiger partial charge is 0.469 e. The fourth-order valence-corrected chi connectivity index (χ4v) is 4.52. The molecule has 1 unspecified atom stereocenters. The maximum atomic E-state index is 12.8. The van der Waals surface area contributed by atoms with Crippen molar-refractivity contribution in [2.75, 3.05) is 0 Å². The smallest absolute Gasteiger partial charge is 0.416 e. The van der Waals surface area contributed by atoms with Gasteiger partial charge in [0.25, 0.3) is 0 Å². The zero-order chi connectivity index (χ0) is 17.5. The van der Waals surface area contributed by atoms with Crippen LogP contribution in [0, 0.1) is 0 Å². The highest BCUT2D eigenvalue weighted by atomic mass is 35.5. The van der Waals surface area contributed by atoms with E-state index in [4.69, 9.17) is 16.0 Å². The third kappa shape index (κ3) is 3.31. The lowest BCUT2D eigenvalue weighted by molar-refractivity contribution is -0.137. The summed E-state index contributed by atoms with van der Waals surface area (Å²) < 4.78 is 71.3. The molecule has 24 heavy (non-hydrogen) atoms. The first kappa shape index (κ1) is 17.3. The summed E-state index contributed by atoms with van der Waals surface area (Å²) in [6.07, 6.45) is -1.25. The maximum absolute atomic E-state index is 12.8. The maximum Gasteiger partial charge on any atom is 0.416 e. The monoisotopic (exact) mass is 379 g/mol. The first-order valence-electron chi connectivity index (χ1n) is 7.14. The second-order valence-electron chi connectivity index (χ2n) is 5.51. The number of sulfonamides is 1. The molecule has 1 aliphatic carbocycles. The van der Waals surface area contributed by atoms with Crippen LogP contribution in [-0.2, 0) is 22.6 Å². The van der Waals surface area contributed by atoms with Crippen LogP contribution >= 0.6 is 11.6 Å². The average molecular weight is 380 g/mol. The van der Waals surface area contributed by atoms with Gasteiger partial charge in [0.1, 0.15) is 10.7 Å². The Morgan fingerprint density at radius 2 is 2.00 bits per heavy atom. The van der Waals surface area contributed by atoms with Crippen LogP contribution in [0.4, 0.5) is 13.2 Å². The molecule has 0 spiro atoms. The minimum absolute atomic E-state index is 0.265. The normalized spacial score (nSPS) is 18.4. The summed E-state index contributed by atoms with van der Waals surface area (Å²) in [5.74, 6) is 0.684. The number of hydrogen-bond acceptors (Lipinski definition) is 3. The van der Waals surface area contributed by atoms with Crippen LogP contribution in [0.1, 0.15) is 35.8 Å². The van der Waals surface area contributed by atoms with E-state index in [1.54, 1.807) is 6.07 Å². The molecule has 4 nitrogen and oxygen atoms in total. The van der Waals surface area contributed by atoms with E-state index in [9.17, 15) is 21.6 Å². The van der Waals surface area contributed by atoms with Gasteiger partial charge in [-0.25, -0.2) is 13.1 Å². The lowest BCUT2D eigenvalue weighted by Crippen LogP contribution is -2.31. The number of hydrogen-bond donors (Lipinski definition) is 1. The Kier molecular flexibility index (Phi) is 4.39. The lowest BCUT2D eigenvalue weighted by Gasteiger charge is -2.23. The zero-order valence-electron chi connectivity index (χ0n) is 12.2. The molecule has 130 valence electrons. The highest BCUT2D eigenvalue weighted by molar-refractivity contribution is 7.89. The fourth-order valence-electron chi connectivity index (χ4n) is 2.75.